The third kappa shape index (κ3) is 3.08. The predicted molar refractivity (Wildman–Crippen MR) is 57.9 cm³/mol. The maximum atomic E-state index is 11.3. The van der Waals surface area contributed by atoms with Gasteiger partial charge in [-0.25, -0.2) is 4.99 Å². The van der Waals surface area contributed by atoms with E-state index in [0.717, 1.165) is 10.1 Å². The summed E-state index contributed by atoms with van der Waals surface area (Å²) in [5.41, 5.74) is 0.419. The van der Waals surface area contributed by atoms with E-state index in [0.29, 0.717) is 12.3 Å². The first-order valence-electron chi connectivity index (χ1n) is 4.03. The lowest BCUT2D eigenvalue weighted by Crippen LogP contribution is -1.90. The number of hydrogen-bond acceptors (Lipinski definition) is 5. The van der Waals surface area contributed by atoms with E-state index in [9.17, 15) is 4.79 Å². The van der Waals surface area contributed by atoms with Crippen molar-refractivity contribution in [2.24, 2.45) is 4.99 Å². The van der Waals surface area contributed by atoms with Crippen LogP contribution in [0, 0.1) is 0 Å². The molecule has 0 radical (unpaired) electrons. The van der Waals surface area contributed by atoms with E-state index in [-0.39, 0.29) is 5.12 Å². The third-order valence-corrected chi connectivity index (χ3v) is 3.12. The second kappa shape index (κ2) is 5.34. The molecular weight excluding hydrogens is 206 g/mol. The van der Waals surface area contributed by atoms with E-state index in [1.807, 2.05) is 13.8 Å². The van der Waals surface area contributed by atoms with Gasteiger partial charge in [0, 0.05) is 0 Å². The van der Waals surface area contributed by atoms with E-state index in [2.05, 4.69) is 4.99 Å². The van der Waals surface area contributed by atoms with E-state index in [1.54, 1.807) is 11.8 Å². The molecule has 72 valence electrons. The van der Waals surface area contributed by atoms with Crippen molar-refractivity contribution in [3.05, 3.63) is 12.0 Å². The van der Waals surface area contributed by atoms with E-state index in [4.69, 9.17) is 4.74 Å². The molecule has 0 unspecified atom stereocenters. The van der Waals surface area contributed by atoms with Crippen LogP contribution < -0.4 is 0 Å². The number of carbonyl (C=O) groups is 1. The molecule has 0 atom stereocenters. The van der Waals surface area contributed by atoms with Crippen LogP contribution in [0.2, 0.25) is 0 Å². The van der Waals surface area contributed by atoms with E-state index in [1.165, 1.54) is 18.0 Å². The lowest BCUT2D eigenvalue weighted by Gasteiger charge is -1.92. The zero-order chi connectivity index (χ0) is 9.68. The molecule has 0 aromatic carbocycles. The molecule has 0 spiro atoms. The molecule has 0 fully saturated rings. The largest absolute Gasteiger partial charge is 0.499 e. The number of hydrogen-bond donors (Lipinski definition) is 0. The summed E-state index contributed by atoms with van der Waals surface area (Å²) in [7, 11) is 0. The first kappa shape index (κ1) is 10.7. The summed E-state index contributed by atoms with van der Waals surface area (Å²) in [6.07, 6.45) is 1.43. The van der Waals surface area contributed by atoms with Crippen molar-refractivity contribution in [2.45, 2.75) is 13.8 Å². The van der Waals surface area contributed by atoms with Gasteiger partial charge in [-0.1, -0.05) is 18.7 Å². The van der Waals surface area contributed by atoms with Crippen LogP contribution in [0.15, 0.2) is 17.0 Å². The van der Waals surface area contributed by atoms with Gasteiger partial charge in [0.2, 0.25) is 5.12 Å². The fourth-order valence-electron chi connectivity index (χ4n) is 0.720. The summed E-state index contributed by atoms with van der Waals surface area (Å²) in [4.78, 5) is 15.4. The molecule has 1 aliphatic rings. The molecule has 0 N–H and O–H groups in total. The summed E-state index contributed by atoms with van der Waals surface area (Å²) in [5.74, 6) is 0.932. The first-order chi connectivity index (χ1) is 6.27. The quantitative estimate of drug-likeness (QED) is 0.537. The molecule has 5 heteroatoms. The monoisotopic (exact) mass is 217 g/mol. The summed E-state index contributed by atoms with van der Waals surface area (Å²) >= 11 is 2.75. The second-order valence-corrected chi connectivity index (χ2v) is 4.63. The van der Waals surface area contributed by atoms with Crippen molar-refractivity contribution in [1.82, 2.24) is 0 Å². The second-order valence-electron chi connectivity index (χ2n) is 2.16. The smallest absolute Gasteiger partial charge is 0.247 e. The molecule has 3 nitrogen and oxygen atoms in total. The van der Waals surface area contributed by atoms with Gasteiger partial charge in [-0.15, -0.1) is 0 Å². The van der Waals surface area contributed by atoms with Crippen molar-refractivity contribution >= 4 is 33.0 Å². The van der Waals surface area contributed by atoms with Crippen molar-refractivity contribution in [3.8, 4) is 0 Å². The Morgan fingerprint density at radius 3 is 3.00 bits per heavy atom. The minimum atomic E-state index is -0.0237. The van der Waals surface area contributed by atoms with Gasteiger partial charge in [0.05, 0.1) is 6.61 Å². The molecule has 0 aromatic rings. The SMILES string of the molecule is CCOC=C1N=C(SCC)SC1=O. The summed E-state index contributed by atoms with van der Waals surface area (Å²) < 4.78 is 5.82. The lowest BCUT2D eigenvalue weighted by molar-refractivity contribution is -0.107. The van der Waals surface area contributed by atoms with Crippen LogP contribution in [0.3, 0.4) is 0 Å². The molecule has 0 saturated heterocycles. The van der Waals surface area contributed by atoms with Gasteiger partial charge in [-0.3, -0.25) is 4.79 Å². The fourth-order valence-corrected chi connectivity index (χ4v) is 2.45. The minimum absolute atomic E-state index is 0.0237. The fraction of sp³-hybridized carbons (Fsp3) is 0.500. The topological polar surface area (TPSA) is 38.7 Å². The Morgan fingerprint density at radius 1 is 1.62 bits per heavy atom. The zero-order valence-corrected chi connectivity index (χ0v) is 9.20. The molecule has 0 amide bonds. The normalized spacial score (nSPS) is 19.4. The van der Waals surface area contributed by atoms with Crippen LogP contribution >= 0.6 is 23.5 Å². The highest BCUT2D eigenvalue weighted by molar-refractivity contribution is 8.45. The van der Waals surface area contributed by atoms with Crippen LogP contribution in [0.4, 0.5) is 0 Å². The maximum Gasteiger partial charge on any atom is 0.247 e. The van der Waals surface area contributed by atoms with Crippen molar-refractivity contribution in [1.29, 1.82) is 0 Å². The standard InChI is InChI=1S/C8H11NO2S2/c1-3-11-5-6-7(10)13-8(9-6)12-4-2/h5H,3-4H2,1-2H3. The Bertz CT molecular complexity index is 261. The number of thioether (sulfide) groups is 2. The zero-order valence-electron chi connectivity index (χ0n) is 7.57. The molecule has 0 bridgehead atoms. The average Bonchev–Trinajstić information content (AvgIpc) is 2.44. The Morgan fingerprint density at radius 2 is 2.38 bits per heavy atom. The predicted octanol–water partition coefficient (Wildman–Crippen LogP) is 2.25. The van der Waals surface area contributed by atoms with Gasteiger partial charge in [-0.2, -0.15) is 0 Å². The van der Waals surface area contributed by atoms with Crippen LogP contribution in [0.1, 0.15) is 13.8 Å². The van der Waals surface area contributed by atoms with Gasteiger partial charge < -0.3 is 4.74 Å². The van der Waals surface area contributed by atoms with Gasteiger partial charge in [0.1, 0.15) is 10.6 Å². The van der Waals surface area contributed by atoms with Gasteiger partial charge in [-0.05, 0) is 24.4 Å². The molecule has 1 aliphatic heterocycles. The number of carbonyl (C=O) groups excluding carboxylic acids is 1. The molecule has 1 heterocycles. The van der Waals surface area contributed by atoms with Crippen molar-refractivity contribution in [3.63, 3.8) is 0 Å². The van der Waals surface area contributed by atoms with Crippen molar-refractivity contribution in [2.75, 3.05) is 12.4 Å². The van der Waals surface area contributed by atoms with Crippen LogP contribution in [0.5, 0.6) is 0 Å². The van der Waals surface area contributed by atoms with Crippen LogP contribution in [0.25, 0.3) is 0 Å². The molecule has 0 aromatic heterocycles. The average molecular weight is 217 g/mol. The number of rotatable bonds is 3. The van der Waals surface area contributed by atoms with Crippen LogP contribution in [-0.4, -0.2) is 21.9 Å². The maximum absolute atomic E-state index is 11.3. The Balaban J connectivity index is 2.60. The van der Waals surface area contributed by atoms with Gasteiger partial charge in [0.15, 0.2) is 5.70 Å². The van der Waals surface area contributed by atoms with E-state index >= 15 is 0 Å². The molecule has 13 heavy (non-hydrogen) atoms. The summed E-state index contributed by atoms with van der Waals surface area (Å²) in [6.45, 7) is 4.46. The number of aliphatic imine (C=N–C) groups is 1. The highest BCUT2D eigenvalue weighted by Gasteiger charge is 2.22. The van der Waals surface area contributed by atoms with Crippen LogP contribution in [-0.2, 0) is 9.53 Å². The molecular formula is C8H11NO2S2. The number of ether oxygens (including phenoxy) is 1. The lowest BCUT2D eigenvalue weighted by atomic mass is 10.5. The van der Waals surface area contributed by atoms with Gasteiger partial charge >= 0.3 is 0 Å². The summed E-state index contributed by atoms with van der Waals surface area (Å²) in [6, 6.07) is 0. The third-order valence-electron chi connectivity index (χ3n) is 1.23. The van der Waals surface area contributed by atoms with Gasteiger partial charge in [0.25, 0.3) is 0 Å². The Kier molecular flexibility index (Phi) is 4.38. The highest BCUT2D eigenvalue weighted by atomic mass is 32.2. The Hall–Kier alpha value is -0.420. The molecule has 0 aliphatic carbocycles. The summed E-state index contributed by atoms with van der Waals surface area (Å²) in [5, 5.41) is -0.0237. The molecule has 0 saturated carbocycles. The van der Waals surface area contributed by atoms with Crippen molar-refractivity contribution < 1.29 is 9.53 Å². The Labute approximate surface area is 86.0 Å². The highest BCUT2D eigenvalue weighted by Crippen LogP contribution is 2.29. The number of nitrogens with zero attached hydrogens (tertiary/aromatic N) is 1. The minimum Gasteiger partial charge on any atom is -0.499 e. The first-order valence-corrected chi connectivity index (χ1v) is 5.83. The molecule has 1 rings (SSSR count). The van der Waals surface area contributed by atoms with E-state index < -0.39 is 0 Å².